The summed E-state index contributed by atoms with van der Waals surface area (Å²) in [5.74, 6) is -0.435. The zero-order valence-corrected chi connectivity index (χ0v) is 13.8. The summed E-state index contributed by atoms with van der Waals surface area (Å²) in [5.41, 5.74) is 3.12. The number of esters is 1. The molecule has 0 spiro atoms. The predicted molar refractivity (Wildman–Crippen MR) is 93.3 cm³/mol. The van der Waals surface area contributed by atoms with Crippen molar-refractivity contribution >= 4 is 45.8 Å². The Hall–Kier alpha value is -2.27. The lowest BCUT2D eigenvalue weighted by molar-refractivity contribution is -0.141. The van der Waals surface area contributed by atoms with E-state index in [2.05, 4.69) is 18.0 Å². The van der Waals surface area contributed by atoms with Gasteiger partial charge in [-0.05, 0) is 30.4 Å². The summed E-state index contributed by atoms with van der Waals surface area (Å²) in [6.45, 7) is 2.11. The highest BCUT2D eigenvalue weighted by molar-refractivity contribution is 7.99. The third-order valence-electron chi connectivity index (χ3n) is 3.81. The maximum absolute atomic E-state index is 11.4. The fourth-order valence-corrected chi connectivity index (χ4v) is 3.60. The number of benzene rings is 2. The van der Waals surface area contributed by atoms with Crippen LogP contribution in [0.1, 0.15) is 18.9 Å². The molecule has 23 heavy (non-hydrogen) atoms. The summed E-state index contributed by atoms with van der Waals surface area (Å²) < 4.78 is 5.23. The molecule has 3 aromatic rings. The Morgan fingerprint density at radius 2 is 2.13 bits per heavy atom. The van der Waals surface area contributed by atoms with Gasteiger partial charge in [-0.15, -0.1) is 11.8 Å². The van der Waals surface area contributed by atoms with Crippen molar-refractivity contribution < 1.29 is 14.3 Å². The van der Waals surface area contributed by atoms with Gasteiger partial charge in [0.25, 0.3) is 0 Å². The van der Waals surface area contributed by atoms with E-state index >= 15 is 0 Å². The first-order valence-corrected chi connectivity index (χ1v) is 8.69. The van der Waals surface area contributed by atoms with E-state index in [4.69, 9.17) is 4.74 Å². The van der Waals surface area contributed by atoms with Crippen LogP contribution in [0.3, 0.4) is 0 Å². The molecule has 1 N–H and O–H groups in total. The van der Waals surface area contributed by atoms with Crippen LogP contribution in [0.15, 0.2) is 35.2 Å². The summed E-state index contributed by atoms with van der Waals surface area (Å²) >= 11 is 1.50. The third-order valence-corrected chi connectivity index (χ3v) is 4.63. The largest absolute Gasteiger partial charge is 0.420 e. The standard InChI is InChI=1S/C18H17NO3S/c1-3-6-11-9-14(22-15(21)10-20)18(23-2)17-16(11)12-7-4-5-8-13(12)19-17/h4-5,7-10,19H,3,6H2,1-2H3. The van der Waals surface area contributed by atoms with Gasteiger partial charge in [0.05, 0.1) is 10.4 Å². The molecular formula is C18H17NO3S. The Morgan fingerprint density at radius 3 is 2.83 bits per heavy atom. The van der Waals surface area contributed by atoms with Crippen molar-refractivity contribution in [1.82, 2.24) is 4.98 Å². The van der Waals surface area contributed by atoms with Gasteiger partial charge in [0.1, 0.15) is 5.75 Å². The number of carbonyl (C=O) groups is 2. The van der Waals surface area contributed by atoms with Crippen LogP contribution in [0.25, 0.3) is 21.8 Å². The average molecular weight is 327 g/mol. The lowest BCUT2D eigenvalue weighted by atomic mass is 10.0. The van der Waals surface area contributed by atoms with Crippen LogP contribution < -0.4 is 4.74 Å². The van der Waals surface area contributed by atoms with Gasteiger partial charge in [-0.25, -0.2) is 4.79 Å². The highest BCUT2D eigenvalue weighted by Crippen LogP contribution is 2.41. The third kappa shape index (κ3) is 2.72. The van der Waals surface area contributed by atoms with E-state index < -0.39 is 5.97 Å². The second-order valence-corrected chi connectivity index (χ2v) is 6.09. The molecule has 5 heteroatoms. The molecular weight excluding hydrogens is 310 g/mol. The smallest absolute Gasteiger partial charge is 0.376 e. The predicted octanol–water partition coefficient (Wildman–Crippen LogP) is 4.10. The van der Waals surface area contributed by atoms with Gasteiger partial charge in [-0.2, -0.15) is 0 Å². The summed E-state index contributed by atoms with van der Waals surface area (Å²) in [4.78, 5) is 26.3. The van der Waals surface area contributed by atoms with Crippen molar-refractivity contribution in [3.63, 3.8) is 0 Å². The molecule has 0 fully saturated rings. The van der Waals surface area contributed by atoms with E-state index in [0.717, 1.165) is 45.1 Å². The van der Waals surface area contributed by atoms with Gasteiger partial charge in [0.15, 0.2) is 0 Å². The number of aromatic amines is 1. The van der Waals surface area contributed by atoms with Crippen molar-refractivity contribution in [2.24, 2.45) is 0 Å². The van der Waals surface area contributed by atoms with Gasteiger partial charge < -0.3 is 9.72 Å². The van der Waals surface area contributed by atoms with Crippen molar-refractivity contribution in [2.75, 3.05) is 6.26 Å². The van der Waals surface area contributed by atoms with Gasteiger partial charge in [0, 0.05) is 16.3 Å². The number of nitrogens with one attached hydrogen (secondary N) is 1. The van der Waals surface area contributed by atoms with E-state index in [0.29, 0.717) is 5.75 Å². The molecule has 0 aliphatic heterocycles. The minimum atomic E-state index is -0.877. The molecule has 0 aliphatic rings. The summed E-state index contributed by atoms with van der Waals surface area (Å²) in [5, 5.41) is 2.33. The van der Waals surface area contributed by atoms with Crippen molar-refractivity contribution in [3.8, 4) is 5.75 Å². The quantitative estimate of drug-likeness (QED) is 0.252. The fourth-order valence-electron chi connectivity index (χ4n) is 2.94. The minimum Gasteiger partial charge on any atom is -0.420 e. The number of fused-ring (bicyclic) bond motifs is 3. The summed E-state index contributed by atoms with van der Waals surface area (Å²) in [7, 11) is 0. The number of aromatic nitrogens is 1. The maximum Gasteiger partial charge on any atom is 0.376 e. The van der Waals surface area contributed by atoms with Crippen LogP contribution in [-0.2, 0) is 16.0 Å². The molecule has 3 rings (SSSR count). The molecule has 0 unspecified atom stereocenters. The monoisotopic (exact) mass is 327 g/mol. The number of aldehydes is 1. The second-order valence-electron chi connectivity index (χ2n) is 5.28. The Bertz CT molecular complexity index is 898. The van der Waals surface area contributed by atoms with Gasteiger partial charge in [-0.1, -0.05) is 31.5 Å². The SMILES string of the molecule is CCCc1cc(OC(=O)C=O)c(SC)c2[nH]c3ccccc3c12. The van der Waals surface area contributed by atoms with E-state index in [1.807, 2.05) is 30.5 Å². The van der Waals surface area contributed by atoms with Crippen LogP contribution in [0.2, 0.25) is 0 Å². The number of thioether (sulfide) groups is 1. The molecule has 0 bridgehead atoms. The maximum atomic E-state index is 11.4. The Labute approximate surface area is 138 Å². The average Bonchev–Trinajstić information content (AvgIpc) is 2.94. The number of ether oxygens (including phenoxy) is 1. The van der Waals surface area contributed by atoms with Gasteiger partial charge in [0.2, 0.25) is 6.29 Å². The van der Waals surface area contributed by atoms with Crippen LogP contribution in [0.5, 0.6) is 5.75 Å². The molecule has 0 saturated carbocycles. The topological polar surface area (TPSA) is 59.2 Å². The van der Waals surface area contributed by atoms with Crippen molar-refractivity contribution in [2.45, 2.75) is 24.7 Å². The molecule has 1 aromatic heterocycles. The first-order chi connectivity index (χ1) is 11.2. The molecule has 118 valence electrons. The summed E-state index contributed by atoms with van der Waals surface area (Å²) in [6, 6.07) is 10.0. The number of aryl methyl sites for hydroxylation is 1. The first kappa shape index (κ1) is 15.6. The normalized spacial score (nSPS) is 11.0. The van der Waals surface area contributed by atoms with E-state index in [-0.39, 0.29) is 6.29 Å². The van der Waals surface area contributed by atoms with Crippen LogP contribution in [-0.4, -0.2) is 23.5 Å². The Balaban J connectivity index is 2.35. The highest BCUT2D eigenvalue weighted by Gasteiger charge is 2.18. The van der Waals surface area contributed by atoms with E-state index in [1.54, 1.807) is 0 Å². The molecule has 0 radical (unpaired) electrons. The minimum absolute atomic E-state index is 0.193. The van der Waals surface area contributed by atoms with E-state index in [9.17, 15) is 9.59 Å². The Morgan fingerprint density at radius 1 is 1.35 bits per heavy atom. The molecule has 0 aliphatic carbocycles. The molecule has 0 saturated heterocycles. The van der Waals surface area contributed by atoms with Crippen LogP contribution in [0.4, 0.5) is 0 Å². The number of para-hydroxylation sites is 1. The van der Waals surface area contributed by atoms with Gasteiger partial charge in [-0.3, -0.25) is 4.79 Å². The van der Waals surface area contributed by atoms with Gasteiger partial charge >= 0.3 is 5.97 Å². The molecule has 2 aromatic carbocycles. The highest BCUT2D eigenvalue weighted by atomic mass is 32.2. The zero-order valence-electron chi connectivity index (χ0n) is 13.0. The van der Waals surface area contributed by atoms with Crippen LogP contribution >= 0.6 is 11.8 Å². The second kappa shape index (κ2) is 6.46. The summed E-state index contributed by atoms with van der Waals surface area (Å²) in [6.07, 6.45) is 3.98. The zero-order chi connectivity index (χ0) is 16.4. The fraction of sp³-hybridized carbons (Fsp3) is 0.222. The number of H-pyrrole nitrogens is 1. The Kier molecular flexibility index (Phi) is 4.39. The number of hydrogen-bond acceptors (Lipinski definition) is 4. The lowest BCUT2D eigenvalue weighted by Crippen LogP contribution is -2.09. The molecule has 0 atom stereocenters. The number of hydrogen-bond donors (Lipinski definition) is 1. The molecule has 4 nitrogen and oxygen atoms in total. The number of rotatable bonds is 5. The van der Waals surface area contributed by atoms with Crippen molar-refractivity contribution in [1.29, 1.82) is 0 Å². The number of carbonyl (C=O) groups excluding carboxylic acids is 2. The van der Waals surface area contributed by atoms with Crippen LogP contribution in [0, 0.1) is 0 Å². The molecule has 1 heterocycles. The molecule has 0 amide bonds. The van der Waals surface area contributed by atoms with E-state index in [1.165, 1.54) is 11.8 Å². The van der Waals surface area contributed by atoms with Crippen molar-refractivity contribution in [3.05, 3.63) is 35.9 Å². The lowest BCUT2D eigenvalue weighted by Gasteiger charge is -2.12. The first-order valence-electron chi connectivity index (χ1n) is 7.46.